The first-order valence-electron chi connectivity index (χ1n) is 2.76. The molecule has 0 unspecified atom stereocenters. The SMILES string of the molecule is CC(O)O.CC(O)O.[Br][Re][Br].[Br][Re][Br]. The number of hydrogen-bond donors (Lipinski definition) is 4. The van der Waals surface area contributed by atoms with Crippen molar-refractivity contribution >= 4 is 53.7 Å². The Morgan fingerprint density at radius 2 is 0.714 bits per heavy atom. The van der Waals surface area contributed by atoms with Gasteiger partial charge >= 0.3 is 81.6 Å². The third-order valence-electron chi connectivity index (χ3n) is 0. The molecule has 4 N–H and O–H groups in total. The molecule has 0 atom stereocenters. The molecule has 0 spiro atoms. The molecule has 0 aliphatic carbocycles. The molecule has 0 aliphatic heterocycles. The van der Waals surface area contributed by atoms with Gasteiger partial charge < -0.3 is 20.4 Å². The molecule has 0 amide bonds. The summed E-state index contributed by atoms with van der Waals surface area (Å²) in [7, 11) is 0. The minimum absolute atomic E-state index is 0.0417. The van der Waals surface area contributed by atoms with E-state index in [0.717, 1.165) is 0 Å². The van der Waals surface area contributed by atoms with Gasteiger partial charge in [-0.2, -0.15) is 0 Å². The normalized spacial score (nSPS) is 7.71. The Bertz CT molecular complexity index is 57.8. The number of halogens is 4. The summed E-state index contributed by atoms with van der Waals surface area (Å²) < 4.78 is 0. The van der Waals surface area contributed by atoms with Gasteiger partial charge in [-0.3, -0.25) is 0 Å². The summed E-state index contributed by atoms with van der Waals surface area (Å²) in [6.07, 6.45) is -2.33. The van der Waals surface area contributed by atoms with Gasteiger partial charge in [0.1, 0.15) is 12.6 Å². The van der Waals surface area contributed by atoms with Crippen LogP contribution in [0.15, 0.2) is 0 Å². The second-order valence-electron chi connectivity index (χ2n) is 1.37. The molecular formula is C4H12Br4O4Re2. The first-order valence-corrected chi connectivity index (χ1v) is 26.5. The van der Waals surface area contributed by atoms with E-state index in [2.05, 4.69) is 53.7 Å². The van der Waals surface area contributed by atoms with Gasteiger partial charge in [-0.15, -0.1) is 0 Å². The first kappa shape index (κ1) is 25.8. The second-order valence-corrected chi connectivity index (χ2v) is 25.1. The van der Waals surface area contributed by atoms with Crippen LogP contribution in [0.4, 0.5) is 0 Å². The zero-order valence-corrected chi connectivity index (χ0v) is 19.0. The van der Waals surface area contributed by atoms with Crippen molar-refractivity contribution in [1.82, 2.24) is 0 Å². The number of rotatable bonds is 0. The Labute approximate surface area is 126 Å². The second kappa shape index (κ2) is 29.8. The van der Waals surface area contributed by atoms with Crippen molar-refractivity contribution < 1.29 is 48.3 Å². The molecule has 0 aromatic heterocycles. The third kappa shape index (κ3) is 314. The molecule has 0 aromatic rings. The van der Waals surface area contributed by atoms with Gasteiger partial charge in [-0.05, 0) is 13.8 Å². The summed E-state index contributed by atoms with van der Waals surface area (Å²) in [6, 6.07) is 0. The molecule has 0 aromatic carbocycles. The van der Waals surface area contributed by atoms with Gasteiger partial charge in [0.25, 0.3) is 0 Å². The van der Waals surface area contributed by atoms with Gasteiger partial charge in [-0.1, -0.05) is 0 Å². The van der Waals surface area contributed by atoms with Crippen molar-refractivity contribution in [3.63, 3.8) is 0 Å². The van der Waals surface area contributed by atoms with E-state index in [9.17, 15) is 0 Å². The van der Waals surface area contributed by atoms with E-state index < -0.39 is 12.6 Å². The number of aliphatic hydroxyl groups excluding tert-OH is 2. The van der Waals surface area contributed by atoms with Gasteiger partial charge in [0.05, 0.1) is 0 Å². The fraction of sp³-hybridized carbons (Fsp3) is 1.00. The summed E-state index contributed by atoms with van der Waals surface area (Å²) in [5.41, 5.74) is 0. The molecule has 0 rings (SSSR count). The Morgan fingerprint density at radius 3 is 0.714 bits per heavy atom. The van der Waals surface area contributed by atoms with Crippen molar-refractivity contribution in [2.45, 2.75) is 26.4 Å². The topological polar surface area (TPSA) is 80.9 Å². The average molecular weight is 816 g/mol. The Morgan fingerprint density at radius 1 is 0.714 bits per heavy atom. The fourth-order valence-electron chi connectivity index (χ4n) is 0. The zero-order chi connectivity index (χ0) is 12.6. The number of hydrogen-bond acceptors (Lipinski definition) is 4. The summed E-state index contributed by atoms with van der Waals surface area (Å²) in [5, 5.41) is 30.4. The molecule has 0 radical (unpaired) electrons. The van der Waals surface area contributed by atoms with Crippen LogP contribution >= 0.6 is 53.7 Å². The summed E-state index contributed by atoms with van der Waals surface area (Å²) in [6.45, 7) is 2.56. The van der Waals surface area contributed by atoms with Crippen molar-refractivity contribution in [1.29, 1.82) is 0 Å². The van der Waals surface area contributed by atoms with Crippen LogP contribution in [-0.2, 0) is 27.9 Å². The Balaban J connectivity index is -0.0000000482. The van der Waals surface area contributed by atoms with Crippen molar-refractivity contribution in [3.8, 4) is 0 Å². The first-order chi connectivity index (χ1) is 6.29. The quantitative estimate of drug-likeness (QED) is 0.283. The van der Waals surface area contributed by atoms with Crippen LogP contribution in [0.3, 0.4) is 0 Å². The summed E-state index contributed by atoms with van der Waals surface area (Å²) in [5.74, 6) is 0. The predicted octanol–water partition coefficient (Wildman–Crippen LogP) is 2.01. The van der Waals surface area contributed by atoms with E-state index in [-0.39, 0.29) is 27.9 Å². The standard InChI is InChI=1S/2C2H6O2.4BrH.2Re/c2*1-2(3)4;;;;;;/h2*2-4H,1H3;4*1H;;/q;;;;;;2*+2/p-4. The monoisotopic (exact) mass is 814 g/mol. The molecule has 0 bridgehead atoms. The van der Waals surface area contributed by atoms with Crippen molar-refractivity contribution in [2.24, 2.45) is 0 Å². The molecule has 0 heterocycles. The molecule has 0 aliphatic rings. The van der Waals surface area contributed by atoms with Gasteiger partial charge in [-0.25, -0.2) is 0 Å². The van der Waals surface area contributed by atoms with Crippen molar-refractivity contribution in [3.05, 3.63) is 0 Å². The van der Waals surface area contributed by atoms with Crippen LogP contribution in [0.5, 0.6) is 0 Å². The van der Waals surface area contributed by atoms with Crippen LogP contribution in [0.25, 0.3) is 0 Å². The maximum atomic E-state index is 7.61. The molecule has 14 heavy (non-hydrogen) atoms. The summed E-state index contributed by atoms with van der Waals surface area (Å²) in [4.78, 5) is 0. The van der Waals surface area contributed by atoms with E-state index in [4.69, 9.17) is 20.4 Å². The van der Waals surface area contributed by atoms with E-state index in [1.54, 1.807) is 0 Å². The van der Waals surface area contributed by atoms with Crippen molar-refractivity contribution in [2.75, 3.05) is 0 Å². The van der Waals surface area contributed by atoms with Crippen LogP contribution in [0.1, 0.15) is 13.8 Å². The number of aliphatic hydroxyl groups is 4. The molecule has 10 heteroatoms. The van der Waals surface area contributed by atoms with Crippen LogP contribution in [-0.4, -0.2) is 33.0 Å². The Kier molecular flexibility index (Phi) is 54.9. The van der Waals surface area contributed by atoms with Crippen LogP contribution in [0, 0.1) is 0 Å². The molecule has 0 saturated carbocycles. The third-order valence-corrected chi connectivity index (χ3v) is 0. The van der Waals surface area contributed by atoms with E-state index in [1.807, 2.05) is 0 Å². The molecule has 0 fully saturated rings. The average Bonchev–Trinajstić information content (AvgIpc) is 1.85. The van der Waals surface area contributed by atoms with Crippen LogP contribution in [0.2, 0.25) is 0 Å². The van der Waals surface area contributed by atoms with E-state index >= 15 is 0 Å². The zero-order valence-electron chi connectivity index (χ0n) is 7.21. The minimum atomic E-state index is -1.17. The Hall–Kier alpha value is 3.08. The van der Waals surface area contributed by atoms with Gasteiger partial charge in [0.2, 0.25) is 0 Å². The maximum absolute atomic E-state index is 7.61. The van der Waals surface area contributed by atoms with Crippen LogP contribution < -0.4 is 0 Å². The van der Waals surface area contributed by atoms with E-state index in [1.165, 1.54) is 13.8 Å². The van der Waals surface area contributed by atoms with Gasteiger partial charge in [0.15, 0.2) is 0 Å². The molecular weight excluding hydrogens is 804 g/mol. The predicted molar refractivity (Wildman–Crippen MR) is 63.5 cm³/mol. The fourth-order valence-corrected chi connectivity index (χ4v) is 0. The molecule has 4 nitrogen and oxygen atoms in total. The van der Waals surface area contributed by atoms with Gasteiger partial charge in [0, 0.05) is 0 Å². The van der Waals surface area contributed by atoms with E-state index in [0.29, 0.717) is 0 Å². The summed E-state index contributed by atoms with van der Waals surface area (Å²) >= 11 is 12.8. The molecule has 94 valence electrons. The molecule has 0 saturated heterocycles.